The van der Waals surface area contributed by atoms with Gasteiger partial charge in [-0.05, 0) is 29.3 Å². The Kier molecular flexibility index (Phi) is 3.76. The molecular formula is C14H10Cl2N2. The normalized spacial score (nSPS) is 10.1. The molecule has 0 amide bonds. The third kappa shape index (κ3) is 2.43. The van der Waals surface area contributed by atoms with E-state index < -0.39 is 0 Å². The van der Waals surface area contributed by atoms with Gasteiger partial charge in [0.2, 0.25) is 0 Å². The topological polar surface area (TPSA) is 49.8 Å². The summed E-state index contributed by atoms with van der Waals surface area (Å²) in [6.45, 7) is 0. The number of nitriles is 1. The maximum absolute atomic E-state index is 9.05. The lowest BCUT2D eigenvalue weighted by Gasteiger charge is -2.10. The van der Waals surface area contributed by atoms with E-state index in [4.69, 9.17) is 34.2 Å². The largest absolute Gasteiger partial charge is 0.398 e. The van der Waals surface area contributed by atoms with Crippen LogP contribution in [0.5, 0.6) is 0 Å². The first-order chi connectivity index (χ1) is 8.63. The average molecular weight is 277 g/mol. The monoisotopic (exact) mass is 276 g/mol. The number of nitrogens with two attached hydrogens (primary N) is 1. The van der Waals surface area contributed by atoms with E-state index in [-0.39, 0.29) is 0 Å². The molecule has 2 rings (SSSR count). The van der Waals surface area contributed by atoms with Gasteiger partial charge in [-0.2, -0.15) is 5.26 Å². The van der Waals surface area contributed by atoms with Gasteiger partial charge in [0.15, 0.2) is 0 Å². The van der Waals surface area contributed by atoms with Crippen LogP contribution in [0.4, 0.5) is 5.69 Å². The minimum atomic E-state index is 0.449. The predicted octanol–water partition coefficient (Wildman–Crippen LogP) is 4.04. The molecule has 2 aromatic rings. The predicted molar refractivity (Wildman–Crippen MR) is 74.8 cm³/mol. The molecule has 90 valence electrons. The van der Waals surface area contributed by atoms with Gasteiger partial charge < -0.3 is 5.73 Å². The fraction of sp³-hybridized carbons (Fsp3) is 0.0714. The molecule has 2 aromatic carbocycles. The fourth-order valence-corrected chi connectivity index (χ4v) is 2.18. The van der Waals surface area contributed by atoms with E-state index in [2.05, 4.69) is 6.07 Å². The number of nitrogen functional groups attached to an aromatic ring is 1. The number of anilines is 1. The van der Waals surface area contributed by atoms with Crippen molar-refractivity contribution < 1.29 is 0 Å². The van der Waals surface area contributed by atoms with Gasteiger partial charge in [-0.3, -0.25) is 0 Å². The molecule has 0 aliphatic carbocycles. The van der Waals surface area contributed by atoms with Gasteiger partial charge in [-0.15, -0.1) is 0 Å². The molecule has 0 unspecified atom stereocenters. The average Bonchev–Trinajstić information content (AvgIpc) is 2.39. The molecule has 0 spiro atoms. The number of rotatable bonds is 2. The van der Waals surface area contributed by atoms with Crippen LogP contribution in [0.2, 0.25) is 10.0 Å². The molecule has 18 heavy (non-hydrogen) atoms. The highest BCUT2D eigenvalue weighted by molar-refractivity contribution is 6.42. The molecule has 0 heterocycles. The Morgan fingerprint density at radius 2 is 1.83 bits per heavy atom. The van der Waals surface area contributed by atoms with Crippen LogP contribution < -0.4 is 5.73 Å². The third-order valence-electron chi connectivity index (χ3n) is 2.74. The molecule has 2 N–H and O–H groups in total. The van der Waals surface area contributed by atoms with Gasteiger partial charge in [0, 0.05) is 12.1 Å². The smallest absolute Gasteiger partial charge is 0.0994 e. The van der Waals surface area contributed by atoms with Crippen LogP contribution in [-0.4, -0.2) is 0 Å². The maximum Gasteiger partial charge on any atom is 0.0994 e. The van der Waals surface area contributed by atoms with E-state index in [1.807, 2.05) is 18.2 Å². The second-order valence-corrected chi connectivity index (χ2v) is 4.66. The quantitative estimate of drug-likeness (QED) is 0.842. The van der Waals surface area contributed by atoms with E-state index in [0.29, 0.717) is 27.7 Å². The summed E-state index contributed by atoms with van der Waals surface area (Å²) in [7, 11) is 0. The van der Waals surface area contributed by atoms with Crippen molar-refractivity contribution in [1.29, 1.82) is 5.26 Å². The first kappa shape index (κ1) is 12.8. The Balaban J connectivity index is 2.47. The molecule has 0 aromatic heterocycles. The lowest BCUT2D eigenvalue weighted by molar-refractivity contribution is 1.18. The maximum atomic E-state index is 9.05. The SMILES string of the molecule is N#Cc1ccccc1Cc1c(N)ccc(Cl)c1Cl. The van der Waals surface area contributed by atoms with Crippen molar-refractivity contribution >= 4 is 28.9 Å². The van der Waals surface area contributed by atoms with E-state index in [9.17, 15) is 0 Å². The van der Waals surface area contributed by atoms with Crippen LogP contribution in [0.3, 0.4) is 0 Å². The van der Waals surface area contributed by atoms with Crippen molar-refractivity contribution in [3.05, 3.63) is 63.1 Å². The van der Waals surface area contributed by atoms with Crippen molar-refractivity contribution in [3.8, 4) is 6.07 Å². The molecule has 0 atom stereocenters. The van der Waals surface area contributed by atoms with Crippen LogP contribution in [0, 0.1) is 11.3 Å². The van der Waals surface area contributed by atoms with E-state index >= 15 is 0 Å². The minimum absolute atomic E-state index is 0.449. The van der Waals surface area contributed by atoms with E-state index in [1.54, 1.807) is 18.2 Å². The van der Waals surface area contributed by atoms with Gasteiger partial charge in [-0.25, -0.2) is 0 Å². The molecule has 4 heteroatoms. The standard InChI is InChI=1S/C14H10Cl2N2/c15-12-5-6-13(18)11(14(12)16)7-9-3-1-2-4-10(9)8-17/h1-6H,7,18H2. The molecule has 0 radical (unpaired) electrons. The Morgan fingerprint density at radius 3 is 2.56 bits per heavy atom. The first-order valence-electron chi connectivity index (χ1n) is 5.34. The molecule has 0 bridgehead atoms. The van der Waals surface area contributed by atoms with Crippen molar-refractivity contribution in [1.82, 2.24) is 0 Å². The van der Waals surface area contributed by atoms with Gasteiger partial charge in [-0.1, -0.05) is 41.4 Å². The highest BCUT2D eigenvalue weighted by Crippen LogP contribution is 2.32. The fourth-order valence-electron chi connectivity index (χ4n) is 1.76. The Hall–Kier alpha value is -1.69. The Labute approximate surface area is 116 Å². The highest BCUT2D eigenvalue weighted by atomic mass is 35.5. The summed E-state index contributed by atoms with van der Waals surface area (Å²) in [5.41, 5.74) is 8.74. The summed E-state index contributed by atoms with van der Waals surface area (Å²) in [5, 5.41) is 9.97. The van der Waals surface area contributed by atoms with Crippen LogP contribution >= 0.6 is 23.2 Å². The van der Waals surface area contributed by atoms with Gasteiger partial charge in [0.25, 0.3) is 0 Å². The zero-order valence-corrected chi connectivity index (χ0v) is 11.0. The number of benzene rings is 2. The summed E-state index contributed by atoms with van der Waals surface area (Å²) < 4.78 is 0. The molecule has 0 saturated heterocycles. The molecule has 0 fully saturated rings. The number of nitrogens with zero attached hydrogens (tertiary/aromatic N) is 1. The number of halogens is 2. The van der Waals surface area contributed by atoms with Crippen LogP contribution in [0.25, 0.3) is 0 Å². The van der Waals surface area contributed by atoms with E-state index in [1.165, 1.54) is 0 Å². The van der Waals surface area contributed by atoms with Gasteiger partial charge >= 0.3 is 0 Å². The number of hydrogen-bond donors (Lipinski definition) is 1. The van der Waals surface area contributed by atoms with Crippen molar-refractivity contribution in [2.75, 3.05) is 5.73 Å². The second kappa shape index (κ2) is 5.30. The summed E-state index contributed by atoms with van der Waals surface area (Å²) in [4.78, 5) is 0. The Bertz CT molecular complexity index is 630. The number of hydrogen-bond acceptors (Lipinski definition) is 2. The highest BCUT2D eigenvalue weighted by Gasteiger charge is 2.11. The van der Waals surface area contributed by atoms with E-state index in [0.717, 1.165) is 11.1 Å². The molecule has 0 aliphatic rings. The van der Waals surface area contributed by atoms with Crippen molar-refractivity contribution in [2.45, 2.75) is 6.42 Å². The summed E-state index contributed by atoms with van der Waals surface area (Å²) in [6.07, 6.45) is 0.495. The van der Waals surface area contributed by atoms with Crippen LogP contribution in [0.1, 0.15) is 16.7 Å². The summed E-state index contributed by atoms with van der Waals surface area (Å²) in [5.74, 6) is 0. The molecular weight excluding hydrogens is 267 g/mol. The van der Waals surface area contributed by atoms with Crippen LogP contribution in [0.15, 0.2) is 36.4 Å². The third-order valence-corrected chi connectivity index (χ3v) is 3.58. The zero-order chi connectivity index (χ0) is 13.1. The molecule has 2 nitrogen and oxygen atoms in total. The summed E-state index contributed by atoms with van der Waals surface area (Å²) in [6, 6.07) is 12.9. The van der Waals surface area contributed by atoms with Crippen molar-refractivity contribution in [2.24, 2.45) is 0 Å². The lowest BCUT2D eigenvalue weighted by Crippen LogP contribution is -1.99. The van der Waals surface area contributed by atoms with Gasteiger partial charge in [0.05, 0.1) is 21.7 Å². The van der Waals surface area contributed by atoms with Crippen LogP contribution in [-0.2, 0) is 6.42 Å². The minimum Gasteiger partial charge on any atom is -0.398 e. The van der Waals surface area contributed by atoms with Gasteiger partial charge in [0.1, 0.15) is 0 Å². The molecule has 0 saturated carbocycles. The first-order valence-corrected chi connectivity index (χ1v) is 6.09. The zero-order valence-electron chi connectivity index (χ0n) is 9.45. The second-order valence-electron chi connectivity index (χ2n) is 3.87. The lowest BCUT2D eigenvalue weighted by atomic mass is 9.99. The van der Waals surface area contributed by atoms with Crippen molar-refractivity contribution in [3.63, 3.8) is 0 Å². The molecule has 0 aliphatic heterocycles. The summed E-state index contributed by atoms with van der Waals surface area (Å²) >= 11 is 12.1. The Morgan fingerprint density at radius 1 is 1.11 bits per heavy atom.